The molecule has 4 rings (SSSR count). The van der Waals surface area contributed by atoms with Crippen molar-refractivity contribution in [1.29, 1.82) is 0 Å². The van der Waals surface area contributed by atoms with E-state index in [1.165, 1.54) is 10.4 Å². The van der Waals surface area contributed by atoms with Crippen LogP contribution in [0.4, 0.5) is 0 Å². The Labute approximate surface area is 262 Å². The highest BCUT2D eigenvalue weighted by Gasteiger charge is 2.45. The molecule has 1 saturated heterocycles. The van der Waals surface area contributed by atoms with Crippen molar-refractivity contribution in [3.63, 3.8) is 0 Å². The Hall–Kier alpha value is -1.79. The van der Waals surface area contributed by atoms with E-state index in [0.29, 0.717) is 4.47 Å². The Balaban J connectivity index is 1.61. The zero-order valence-electron chi connectivity index (χ0n) is 23.8. The summed E-state index contributed by atoms with van der Waals surface area (Å²) in [5.74, 6) is 1.39. The predicted octanol–water partition coefficient (Wildman–Crippen LogP) is 8.53. The molecule has 0 bridgehead atoms. The quantitative estimate of drug-likeness (QED) is 0.197. The number of ether oxygens (including phenoxy) is 3. The van der Waals surface area contributed by atoms with Gasteiger partial charge in [-0.3, -0.25) is 0 Å². The topological polar surface area (TPSA) is 74.3 Å². The van der Waals surface area contributed by atoms with Gasteiger partial charge in [0.2, 0.25) is 10.0 Å². The van der Waals surface area contributed by atoms with Gasteiger partial charge in [-0.25, -0.2) is 8.42 Å². The summed E-state index contributed by atoms with van der Waals surface area (Å²) in [5, 5.41) is 0.583. The highest BCUT2D eigenvalue weighted by Crippen LogP contribution is 2.42. The van der Waals surface area contributed by atoms with E-state index in [1.807, 2.05) is 24.3 Å². The van der Waals surface area contributed by atoms with Crippen molar-refractivity contribution in [2.45, 2.75) is 56.5 Å². The fourth-order valence-corrected chi connectivity index (χ4v) is 8.18. The van der Waals surface area contributed by atoms with Crippen LogP contribution in [-0.2, 0) is 21.1 Å². The first kappa shape index (κ1) is 32.1. The molecule has 0 radical (unpaired) electrons. The van der Waals surface area contributed by atoms with Crippen LogP contribution in [0, 0.1) is 0 Å². The molecule has 12 heteroatoms. The summed E-state index contributed by atoms with van der Waals surface area (Å²) in [5.41, 5.74) is 0.856. The fraction of sp³-hybridized carbons (Fsp3) is 0.379. The molecule has 1 heterocycles. The summed E-state index contributed by atoms with van der Waals surface area (Å²) >= 11 is 16.1. The molecule has 1 aliphatic heterocycles. The molecular weight excluding hydrogens is 669 g/mol. The molecule has 0 aromatic heterocycles. The maximum Gasteiger partial charge on any atom is 0.247 e. The molecule has 0 aliphatic carbocycles. The summed E-state index contributed by atoms with van der Waals surface area (Å²) in [6.07, 6.45) is -0.158. The molecule has 0 N–H and O–H groups in total. The minimum atomic E-state index is -3.94. The molecule has 0 spiro atoms. The molecule has 1 fully saturated rings. The number of hydrogen-bond donors (Lipinski definition) is 0. The second-order valence-corrected chi connectivity index (χ2v) is 19.8. The van der Waals surface area contributed by atoms with Crippen LogP contribution in [0.15, 0.2) is 64.0 Å². The summed E-state index contributed by atoms with van der Waals surface area (Å²) in [6.45, 7) is 11.5. The molecule has 0 atom stereocenters. The Morgan fingerprint density at radius 3 is 2.12 bits per heavy atom. The number of nitrogens with zero attached hydrogens (tertiary/aromatic N) is 1. The lowest BCUT2D eigenvalue weighted by Crippen LogP contribution is -2.59. The van der Waals surface area contributed by atoms with Crippen LogP contribution in [0.2, 0.25) is 28.2 Å². The Morgan fingerprint density at radius 1 is 0.976 bits per heavy atom. The number of hydrogen-bond acceptors (Lipinski definition) is 6. The van der Waals surface area contributed by atoms with Crippen molar-refractivity contribution >= 4 is 57.5 Å². The maximum atomic E-state index is 13.9. The smallest absolute Gasteiger partial charge is 0.247 e. The summed E-state index contributed by atoms with van der Waals surface area (Å²) in [4.78, 5) is -0.0151. The summed E-state index contributed by atoms with van der Waals surface area (Å²) < 4.78 is 53.5. The Morgan fingerprint density at radius 2 is 1.56 bits per heavy atom. The van der Waals surface area contributed by atoms with Crippen LogP contribution >= 0.6 is 39.1 Å². The van der Waals surface area contributed by atoms with Gasteiger partial charge in [0.25, 0.3) is 0 Å². The monoisotopic (exact) mass is 701 g/mol. The van der Waals surface area contributed by atoms with Crippen molar-refractivity contribution in [1.82, 2.24) is 4.31 Å². The molecule has 41 heavy (non-hydrogen) atoms. The lowest BCUT2D eigenvalue weighted by Gasteiger charge is -2.45. The van der Waals surface area contributed by atoms with Gasteiger partial charge in [-0.1, -0.05) is 72.0 Å². The second-order valence-electron chi connectivity index (χ2n) is 11.4. The van der Waals surface area contributed by atoms with Crippen LogP contribution in [-0.4, -0.2) is 47.3 Å². The van der Waals surface area contributed by atoms with E-state index in [9.17, 15) is 8.42 Å². The molecule has 3 aromatic rings. The predicted molar refractivity (Wildman–Crippen MR) is 169 cm³/mol. The molecular formula is C29H34BrCl2NO6SSi. The fourth-order valence-electron chi connectivity index (χ4n) is 3.90. The molecule has 3 aromatic carbocycles. The van der Waals surface area contributed by atoms with Gasteiger partial charge in [0.05, 0.1) is 23.3 Å². The highest BCUT2D eigenvalue weighted by atomic mass is 79.9. The SMILES string of the molecule is COc1ccc(COc2ccc(Oc3c(Cl)cc(Br)cc3Cl)cc2S(=O)(=O)N2CC(O[Si](C)(C)C(C)(C)C)C2)cc1. The third-order valence-corrected chi connectivity index (χ3v) is 14.8. The lowest BCUT2D eigenvalue weighted by molar-refractivity contribution is 0.0637. The third kappa shape index (κ3) is 7.41. The largest absolute Gasteiger partial charge is 0.497 e. The van der Waals surface area contributed by atoms with E-state index < -0.39 is 18.3 Å². The minimum absolute atomic E-state index is 0.0151. The molecule has 7 nitrogen and oxygen atoms in total. The first-order chi connectivity index (χ1) is 19.1. The zero-order chi connectivity index (χ0) is 30.2. The average molecular weight is 704 g/mol. The van der Waals surface area contributed by atoms with Crippen molar-refractivity contribution in [2.24, 2.45) is 0 Å². The van der Waals surface area contributed by atoms with Crippen molar-refractivity contribution < 1.29 is 27.1 Å². The van der Waals surface area contributed by atoms with Crippen LogP contribution in [0.3, 0.4) is 0 Å². The van der Waals surface area contributed by atoms with Gasteiger partial charge < -0.3 is 18.6 Å². The van der Waals surface area contributed by atoms with E-state index in [0.717, 1.165) is 11.3 Å². The second kappa shape index (κ2) is 12.4. The first-order valence-corrected chi connectivity index (χ1v) is 18.9. The molecule has 0 unspecified atom stereocenters. The summed E-state index contributed by atoms with van der Waals surface area (Å²) in [7, 11) is -4.39. The van der Waals surface area contributed by atoms with Crippen molar-refractivity contribution in [3.8, 4) is 23.0 Å². The van der Waals surface area contributed by atoms with Gasteiger partial charge in [-0.15, -0.1) is 0 Å². The Kier molecular flexibility index (Phi) is 9.75. The van der Waals surface area contributed by atoms with Crippen LogP contribution in [0.1, 0.15) is 26.3 Å². The lowest BCUT2D eigenvalue weighted by atomic mass is 10.2. The van der Waals surface area contributed by atoms with Gasteiger partial charge in [-0.05, 0) is 60.1 Å². The van der Waals surface area contributed by atoms with Crippen molar-refractivity contribution in [3.05, 3.63) is 74.7 Å². The highest BCUT2D eigenvalue weighted by molar-refractivity contribution is 9.10. The molecule has 222 valence electrons. The number of benzene rings is 3. The van der Waals surface area contributed by atoms with Crippen LogP contribution in [0.5, 0.6) is 23.0 Å². The van der Waals surface area contributed by atoms with Gasteiger partial charge >= 0.3 is 0 Å². The van der Waals surface area contributed by atoms with E-state index in [-0.39, 0.29) is 63.0 Å². The van der Waals surface area contributed by atoms with E-state index in [4.69, 9.17) is 41.8 Å². The number of methoxy groups -OCH3 is 1. The number of halogens is 3. The van der Waals surface area contributed by atoms with Gasteiger partial charge in [-0.2, -0.15) is 4.31 Å². The van der Waals surface area contributed by atoms with Crippen LogP contribution < -0.4 is 14.2 Å². The van der Waals surface area contributed by atoms with Crippen LogP contribution in [0.25, 0.3) is 0 Å². The molecule has 0 amide bonds. The Bertz CT molecular complexity index is 1480. The average Bonchev–Trinajstić information content (AvgIpc) is 2.86. The zero-order valence-corrected chi connectivity index (χ0v) is 28.7. The third-order valence-electron chi connectivity index (χ3n) is 7.35. The minimum Gasteiger partial charge on any atom is -0.497 e. The number of sulfonamides is 1. The van der Waals surface area contributed by atoms with Gasteiger partial charge in [0, 0.05) is 23.6 Å². The molecule has 0 saturated carbocycles. The van der Waals surface area contributed by atoms with Crippen molar-refractivity contribution in [2.75, 3.05) is 20.2 Å². The summed E-state index contributed by atoms with van der Waals surface area (Å²) in [6, 6.07) is 15.3. The first-order valence-electron chi connectivity index (χ1n) is 13.0. The van der Waals surface area contributed by atoms with Gasteiger partial charge in [0.15, 0.2) is 14.1 Å². The molecule has 1 aliphatic rings. The number of rotatable bonds is 10. The standard InChI is InChI=1S/C29H34BrCl2NO6SSi/c1-29(2,3)41(5,6)39-23-16-33(17-23)40(34,35)27-15-22(38-28-24(31)13-20(30)14-25(28)32)11-12-26(27)37-18-19-7-9-21(36-4)10-8-19/h7-15,23H,16-18H2,1-6H3. The van der Waals surface area contributed by atoms with Gasteiger partial charge in [0.1, 0.15) is 28.8 Å². The van der Waals surface area contributed by atoms with E-state index in [2.05, 4.69) is 49.8 Å². The maximum absolute atomic E-state index is 13.9. The van der Waals surface area contributed by atoms with E-state index >= 15 is 0 Å². The van der Waals surface area contributed by atoms with E-state index in [1.54, 1.807) is 31.4 Å². The normalized spacial score (nSPS) is 15.0.